The molecule has 1 atom stereocenters. The van der Waals surface area contributed by atoms with E-state index in [2.05, 4.69) is 15.9 Å². The van der Waals surface area contributed by atoms with Crippen LogP contribution in [0.4, 0.5) is 18.9 Å². The van der Waals surface area contributed by atoms with Crippen molar-refractivity contribution in [1.29, 1.82) is 0 Å². The molecule has 0 aliphatic carbocycles. The van der Waals surface area contributed by atoms with Crippen LogP contribution in [0.5, 0.6) is 5.75 Å². The maximum absolute atomic E-state index is 12.6. The fraction of sp³-hybridized carbons (Fsp3) is 0.429. The molecule has 7 heteroatoms. The lowest BCUT2D eigenvalue weighted by Gasteiger charge is -2.37. The summed E-state index contributed by atoms with van der Waals surface area (Å²) in [6, 6.07) is 12.9. The number of hydrogen-bond donors (Lipinski definition) is 1. The van der Waals surface area contributed by atoms with E-state index in [0.29, 0.717) is 18.5 Å². The molecule has 2 aromatic rings. The van der Waals surface area contributed by atoms with Crippen LogP contribution in [0.1, 0.15) is 11.1 Å². The number of aliphatic hydroxyl groups is 1. The molecule has 3 rings (SSSR count). The van der Waals surface area contributed by atoms with Crippen LogP contribution in [-0.2, 0) is 12.6 Å². The average molecular weight is 394 g/mol. The molecule has 1 aliphatic heterocycles. The molecule has 0 bridgehead atoms. The lowest BCUT2D eigenvalue weighted by Crippen LogP contribution is -2.48. The van der Waals surface area contributed by atoms with E-state index in [9.17, 15) is 18.3 Å². The van der Waals surface area contributed by atoms with Crippen LogP contribution >= 0.6 is 0 Å². The first kappa shape index (κ1) is 20.5. The molecule has 1 aliphatic rings. The topological polar surface area (TPSA) is 35.9 Å². The van der Waals surface area contributed by atoms with Crippen molar-refractivity contribution in [3.05, 3.63) is 59.7 Å². The molecule has 0 amide bonds. The Labute approximate surface area is 163 Å². The van der Waals surface area contributed by atoms with E-state index in [1.807, 2.05) is 18.2 Å². The van der Waals surface area contributed by atoms with Crippen LogP contribution in [0.3, 0.4) is 0 Å². The lowest BCUT2D eigenvalue weighted by molar-refractivity contribution is -0.137. The Morgan fingerprint density at radius 3 is 2.32 bits per heavy atom. The number of anilines is 1. The Hall–Kier alpha value is -2.25. The van der Waals surface area contributed by atoms with E-state index in [1.165, 1.54) is 12.1 Å². The number of β-amino-alcohol motifs (C(OH)–C–C–N with tert-alkyl or cyclic N) is 1. The summed E-state index contributed by atoms with van der Waals surface area (Å²) in [5, 5.41) is 10.3. The molecule has 4 nitrogen and oxygen atoms in total. The number of benzene rings is 2. The van der Waals surface area contributed by atoms with Gasteiger partial charge in [0, 0.05) is 44.5 Å². The van der Waals surface area contributed by atoms with Crippen molar-refractivity contribution < 1.29 is 23.0 Å². The van der Waals surface area contributed by atoms with Gasteiger partial charge in [-0.2, -0.15) is 13.2 Å². The minimum Gasteiger partial charge on any atom is -0.497 e. The van der Waals surface area contributed by atoms with Crippen molar-refractivity contribution in [3.63, 3.8) is 0 Å². The summed E-state index contributed by atoms with van der Waals surface area (Å²) in [6.07, 6.45) is -4.60. The van der Waals surface area contributed by atoms with Gasteiger partial charge in [-0.15, -0.1) is 0 Å². The number of halogens is 3. The van der Waals surface area contributed by atoms with Crippen LogP contribution in [-0.4, -0.2) is 55.9 Å². The third kappa shape index (κ3) is 5.39. The minimum absolute atomic E-state index is 0.342. The zero-order chi connectivity index (χ0) is 20.1. The number of rotatable bonds is 6. The second-order valence-corrected chi connectivity index (χ2v) is 7.04. The van der Waals surface area contributed by atoms with Crippen molar-refractivity contribution in [1.82, 2.24) is 4.90 Å². The smallest absolute Gasteiger partial charge is 0.416 e. The Kier molecular flexibility index (Phi) is 6.46. The molecule has 0 aromatic heterocycles. The van der Waals surface area contributed by atoms with Gasteiger partial charge < -0.3 is 14.7 Å². The van der Waals surface area contributed by atoms with Crippen molar-refractivity contribution in [2.75, 3.05) is 44.7 Å². The molecule has 28 heavy (non-hydrogen) atoms. The van der Waals surface area contributed by atoms with E-state index in [4.69, 9.17) is 4.74 Å². The summed E-state index contributed by atoms with van der Waals surface area (Å²) in [6.45, 7) is 3.84. The van der Waals surface area contributed by atoms with Gasteiger partial charge in [0.1, 0.15) is 5.75 Å². The second kappa shape index (κ2) is 8.84. The first-order valence-corrected chi connectivity index (χ1v) is 9.31. The van der Waals surface area contributed by atoms with Gasteiger partial charge in [0.2, 0.25) is 0 Å². The number of aliphatic hydroxyl groups excluding tert-OH is 1. The molecular weight excluding hydrogens is 369 g/mol. The third-order valence-corrected chi connectivity index (χ3v) is 5.01. The first-order valence-electron chi connectivity index (χ1n) is 9.31. The van der Waals surface area contributed by atoms with Crippen LogP contribution in [0.15, 0.2) is 48.5 Å². The van der Waals surface area contributed by atoms with Gasteiger partial charge in [-0.25, -0.2) is 0 Å². The van der Waals surface area contributed by atoms with E-state index in [-0.39, 0.29) is 0 Å². The summed E-state index contributed by atoms with van der Waals surface area (Å²) in [4.78, 5) is 4.46. The van der Waals surface area contributed by atoms with Crippen LogP contribution in [0.2, 0.25) is 0 Å². The molecule has 1 saturated heterocycles. The zero-order valence-electron chi connectivity index (χ0n) is 15.8. The molecule has 0 saturated carbocycles. The van der Waals surface area contributed by atoms with Crippen molar-refractivity contribution in [2.24, 2.45) is 0 Å². The summed E-state index contributed by atoms with van der Waals surface area (Å²) >= 11 is 0. The van der Waals surface area contributed by atoms with Gasteiger partial charge >= 0.3 is 6.18 Å². The van der Waals surface area contributed by atoms with Crippen molar-refractivity contribution in [2.45, 2.75) is 18.7 Å². The number of ether oxygens (including phenoxy) is 1. The number of hydrogen-bond acceptors (Lipinski definition) is 4. The predicted molar refractivity (Wildman–Crippen MR) is 103 cm³/mol. The predicted octanol–water partition coefficient (Wildman–Crippen LogP) is 3.44. The Balaban J connectivity index is 1.47. The monoisotopic (exact) mass is 394 g/mol. The van der Waals surface area contributed by atoms with Crippen molar-refractivity contribution >= 4 is 5.69 Å². The normalized spacial score (nSPS) is 16.8. The Morgan fingerprint density at radius 2 is 1.71 bits per heavy atom. The quantitative estimate of drug-likeness (QED) is 0.814. The molecular formula is C21H25F3N2O2. The van der Waals surface area contributed by atoms with Gasteiger partial charge in [-0.1, -0.05) is 18.2 Å². The van der Waals surface area contributed by atoms with E-state index < -0.39 is 17.8 Å². The van der Waals surface area contributed by atoms with E-state index >= 15 is 0 Å². The average Bonchev–Trinajstić information content (AvgIpc) is 2.68. The van der Waals surface area contributed by atoms with E-state index in [1.54, 1.807) is 7.11 Å². The summed E-state index contributed by atoms with van der Waals surface area (Å²) in [5.41, 5.74) is 1.15. The Bertz CT molecular complexity index is 757. The zero-order valence-corrected chi connectivity index (χ0v) is 15.8. The first-order chi connectivity index (χ1) is 13.3. The maximum atomic E-state index is 12.6. The minimum atomic E-state index is -4.33. The number of methoxy groups -OCH3 is 1. The van der Waals surface area contributed by atoms with Gasteiger partial charge in [-0.05, 0) is 36.2 Å². The standard InChI is InChI=1S/C21H25F3N2O2/c1-28-20-4-2-3-18(14-20)26-11-9-25(10-12-26)15-19(27)13-16-5-7-17(8-6-16)21(22,23)24/h2-8,14,19,27H,9-13,15H2,1H3/t19-/m0/s1. The molecule has 2 aromatic carbocycles. The summed E-state index contributed by atoms with van der Waals surface area (Å²) in [7, 11) is 1.65. The van der Waals surface area contributed by atoms with Gasteiger partial charge in [-0.3, -0.25) is 4.90 Å². The van der Waals surface area contributed by atoms with Crippen molar-refractivity contribution in [3.8, 4) is 5.75 Å². The number of alkyl halides is 3. The summed E-state index contributed by atoms with van der Waals surface area (Å²) < 4.78 is 43.1. The number of piperazine rings is 1. The molecule has 152 valence electrons. The highest BCUT2D eigenvalue weighted by Crippen LogP contribution is 2.29. The fourth-order valence-corrected chi connectivity index (χ4v) is 3.46. The summed E-state index contributed by atoms with van der Waals surface area (Å²) in [5.74, 6) is 0.826. The second-order valence-electron chi connectivity index (χ2n) is 7.04. The number of nitrogens with zero attached hydrogens (tertiary/aromatic N) is 2. The van der Waals surface area contributed by atoms with Gasteiger partial charge in [0.25, 0.3) is 0 Å². The maximum Gasteiger partial charge on any atom is 0.416 e. The van der Waals surface area contributed by atoms with Gasteiger partial charge in [0.15, 0.2) is 0 Å². The largest absolute Gasteiger partial charge is 0.497 e. The molecule has 1 N–H and O–H groups in total. The molecule has 0 spiro atoms. The van der Waals surface area contributed by atoms with Crippen LogP contribution in [0, 0.1) is 0 Å². The third-order valence-electron chi connectivity index (χ3n) is 5.01. The molecule has 1 fully saturated rings. The molecule has 0 unspecified atom stereocenters. The van der Waals surface area contributed by atoms with Crippen LogP contribution < -0.4 is 9.64 Å². The van der Waals surface area contributed by atoms with Crippen LogP contribution in [0.25, 0.3) is 0 Å². The highest BCUT2D eigenvalue weighted by Gasteiger charge is 2.30. The van der Waals surface area contributed by atoms with Gasteiger partial charge in [0.05, 0.1) is 18.8 Å². The molecule has 0 radical (unpaired) electrons. The SMILES string of the molecule is COc1cccc(N2CCN(C[C@@H](O)Cc3ccc(C(F)(F)F)cc3)CC2)c1. The lowest BCUT2D eigenvalue weighted by atomic mass is 10.0. The fourth-order valence-electron chi connectivity index (χ4n) is 3.46. The van der Waals surface area contributed by atoms with E-state index in [0.717, 1.165) is 49.7 Å². The highest BCUT2D eigenvalue weighted by molar-refractivity contribution is 5.51. The molecule has 1 heterocycles. The Morgan fingerprint density at radius 1 is 1.04 bits per heavy atom. The highest BCUT2D eigenvalue weighted by atomic mass is 19.4.